The largest absolute Gasteiger partial charge is 0.359 e. The SMILES string of the molecule is C[C@H]1Cc2ccccc2N1CC(=O)Nc1ccccc1Cl. The van der Waals surface area contributed by atoms with E-state index in [0.717, 1.165) is 12.1 Å². The maximum absolute atomic E-state index is 12.3. The molecule has 1 aliphatic rings. The summed E-state index contributed by atoms with van der Waals surface area (Å²) in [5.74, 6) is -0.0494. The van der Waals surface area contributed by atoms with Crippen LogP contribution in [0.5, 0.6) is 0 Å². The van der Waals surface area contributed by atoms with E-state index in [1.165, 1.54) is 5.56 Å². The van der Waals surface area contributed by atoms with Gasteiger partial charge >= 0.3 is 0 Å². The van der Waals surface area contributed by atoms with Crippen molar-refractivity contribution in [1.82, 2.24) is 0 Å². The first kappa shape index (κ1) is 14.0. The number of carbonyl (C=O) groups is 1. The van der Waals surface area contributed by atoms with Gasteiger partial charge in [-0.1, -0.05) is 41.9 Å². The average Bonchev–Trinajstić information content (AvgIpc) is 2.78. The molecule has 0 aliphatic carbocycles. The van der Waals surface area contributed by atoms with E-state index in [4.69, 9.17) is 11.6 Å². The van der Waals surface area contributed by atoms with E-state index in [2.05, 4.69) is 29.3 Å². The zero-order valence-corrected chi connectivity index (χ0v) is 12.6. The zero-order valence-electron chi connectivity index (χ0n) is 11.8. The van der Waals surface area contributed by atoms with Crippen molar-refractivity contribution in [2.75, 3.05) is 16.8 Å². The van der Waals surface area contributed by atoms with Crippen LogP contribution in [0.1, 0.15) is 12.5 Å². The molecule has 0 saturated carbocycles. The Balaban J connectivity index is 1.72. The molecule has 2 aromatic rings. The van der Waals surface area contributed by atoms with Crippen LogP contribution in [0.15, 0.2) is 48.5 Å². The quantitative estimate of drug-likeness (QED) is 0.937. The summed E-state index contributed by atoms with van der Waals surface area (Å²) in [7, 11) is 0. The number of carbonyl (C=O) groups excluding carboxylic acids is 1. The maximum atomic E-state index is 12.3. The van der Waals surface area contributed by atoms with Crippen LogP contribution in [0, 0.1) is 0 Å². The Kier molecular flexibility index (Phi) is 3.84. The maximum Gasteiger partial charge on any atom is 0.243 e. The number of rotatable bonds is 3. The fourth-order valence-corrected chi connectivity index (χ4v) is 2.96. The van der Waals surface area contributed by atoms with Gasteiger partial charge in [-0.3, -0.25) is 4.79 Å². The molecule has 0 unspecified atom stereocenters. The first-order chi connectivity index (χ1) is 10.1. The van der Waals surface area contributed by atoms with Crippen LogP contribution in [0.3, 0.4) is 0 Å². The van der Waals surface area contributed by atoms with Crippen molar-refractivity contribution in [2.24, 2.45) is 0 Å². The van der Waals surface area contributed by atoms with E-state index in [1.54, 1.807) is 6.07 Å². The van der Waals surface area contributed by atoms with Crippen LogP contribution in [-0.4, -0.2) is 18.5 Å². The lowest BCUT2D eigenvalue weighted by Crippen LogP contribution is -2.37. The number of halogens is 1. The second-order valence-corrected chi connectivity index (χ2v) is 5.74. The van der Waals surface area contributed by atoms with Crippen molar-refractivity contribution in [2.45, 2.75) is 19.4 Å². The molecule has 3 nitrogen and oxygen atoms in total. The van der Waals surface area contributed by atoms with Gasteiger partial charge in [-0.05, 0) is 37.1 Å². The van der Waals surface area contributed by atoms with E-state index in [9.17, 15) is 4.79 Å². The molecule has 0 spiro atoms. The molecule has 1 amide bonds. The van der Waals surface area contributed by atoms with E-state index in [1.807, 2.05) is 30.3 Å². The predicted octanol–water partition coefficient (Wildman–Crippen LogP) is 3.73. The third-order valence-electron chi connectivity index (χ3n) is 3.81. The highest BCUT2D eigenvalue weighted by Gasteiger charge is 2.27. The van der Waals surface area contributed by atoms with Crippen molar-refractivity contribution < 1.29 is 4.79 Å². The van der Waals surface area contributed by atoms with Crippen LogP contribution in [0.4, 0.5) is 11.4 Å². The van der Waals surface area contributed by atoms with Crippen molar-refractivity contribution in [3.8, 4) is 0 Å². The summed E-state index contributed by atoms with van der Waals surface area (Å²) in [4.78, 5) is 14.4. The minimum absolute atomic E-state index is 0.0494. The number of nitrogens with one attached hydrogen (secondary N) is 1. The summed E-state index contributed by atoms with van der Waals surface area (Å²) in [6, 6.07) is 15.9. The lowest BCUT2D eigenvalue weighted by molar-refractivity contribution is -0.115. The summed E-state index contributed by atoms with van der Waals surface area (Å²) >= 11 is 6.07. The number of hydrogen-bond donors (Lipinski definition) is 1. The van der Waals surface area contributed by atoms with Gasteiger partial charge in [-0.15, -0.1) is 0 Å². The zero-order chi connectivity index (χ0) is 14.8. The lowest BCUT2D eigenvalue weighted by atomic mass is 10.1. The van der Waals surface area contributed by atoms with Gasteiger partial charge in [0.25, 0.3) is 0 Å². The Hall–Kier alpha value is -2.00. The Morgan fingerprint density at radius 2 is 1.95 bits per heavy atom. The normalized spacial score (nSPS) is 16.7. The van der Waals surface area contributed by atoms with Crippen LogP contribution in [0.2, 0.25) is 5.02 Å². The van der Waals surface area contributed by atoms with Gasteiger partial charge in [0.05, 0.1) is 17.3 Å². The average molecular weight is 301 g/mol. The van der Waals surface area contributed by atoms with Gasteiger partial charge in [0.15, 0.2) is 0 Å². The van der Waals surface area contributed by atoms with Crippen LogP contribution in [0.25, 0.3) is 0 Å². The van der Waals surface area contributed by atoms with Crippen LogP contribution in [-0.2, 0) is 11.2 Å². The second-order valence-electron chi connectivity index (χ2n) is 5.34. The van der Waals surface area contributed by atoms with E-state index >= 15 is 0 Å². The van der Waals surface area contributed by atoms with Gasteiger partial charge in [0.1, 0.15) is 0 Å². The predicted molar refractivity (Wildman–Crippen MR) is 87.0 cm³/mol. The molecule has 1 heterocycles. The number of hydrogen-bond acceptors (Lipinski definition) is 2. The summed E-state index contributed by atoms with van der Waals surface area (Å²) in [6.45, 7) is 2.48. The molecule has 2 aromatic carbocycles. The van der Waals surface area contributed by atoms with Crippen LogP contribution >= 0.6 is 11.6 Å². The molecule has 4 heteroatoms. The van der Waals surface area contributed by atoms with Crippen molar-refractivity contribution >= 4 is 28.9 Å². The minimum Gasteiger partial charge on any atom is -0.359 e. The fraction of sp³-hybridized carbons (Fsp3) is 0.235. The minimum atomic E-state index is -0.0494. The molecule has 21 heavy (non-hydrogen) atoms. The number of nitrogens with zero attached hydrogens (tertiary/aromatic N) is 1. The molecule has 1 N–H and O–H groups in total. The highest BCUT2D eigenvalue weighted by molar-refractivity contribution is 6.33. The highest BCUT2D eigenvalue weighted by Crippen LogP contribution is 2.31. The summed E-state index contributed by atoms with van der Waals surface area (Å²) < 4.78 is 0. The fourth-order valence-electron chi connectivity index (χ4n) is 2.78. The molecule has 0 radical (unpaired) electrons. The summed E-state index contributed by atoms with van der Waals surface area (Å²) in [5, 5.41) is 3.43. The number of fused-ring (bicyclic) bond motifs is 1. The number of amides is 1. The van der Waals surface area contributed by atoms with Crippen molar-refractivity contribution in [3.63, 3.8) is 0 Å². The third-order valence-corrected chi connectivity index (χ3v) is 4.14. The molecule has 1 atom stereocenters. The smallest absolute Gasteiger partial charge is 0.243 e. The molecular weight excluding hydrogens is 284 g/mol. The first-order valence-electron chi connectivity index (χ1n) is 7.04. The highest BCUT2D eigenvalue weighted by atomic mass is 35.5. The molecule has 108 valence electrons. The van der Waals surface area contributed by atoms with Gasteiger partial charge in [-0.2, -0.15) is 0 Å². The van der Waals surface area contributed by atoms with Crippen molar-refractivity contribution in [3.05, 3.63) is 59.1 Å². The Morgan fingerprint density at radius 1 is 1.24 bits per heavy atom. The topological polar surface area (TPSA) is 32.3 Å². The molecule has 0 fully saturated rings. The monoisotopic (exact) mass is 300 g/mol. The Labute approximate surface area is 129 Å². The number of para-hydroxylation sites is 2. The first-order valence-corrected chi connectivity index (χ1v) is 7.42. The Bertz CT molecular complexity index is 671. The molecular formula is C17H17ClN2O. The van der Waals surface area contributed by atoms with Crippen molar-refractivity contribution in [1.29, 1.82) is 0 Å². The standard InChI is InChI=1S/C17H17ClN2O/c1-12-10-13-6-2-5-9-16(13)20(12)11-17(21)19-15-8-4-3-7-14(15)18/h2-9,12H,10-11H2,1H3,(H,19,21)/t12-/m0/s1. The van der Waals surface area contributed by atoms with Crippen LogP contribution < -0.4 is 10.2 Å². The van der Waals surface area contributed by atoms with E-state index in [-0.39, 0.29) is 5.91 Å². The van der Waals surface area contributed by atoms with Gasteiger partial charge in [0.2, 0.25) is 5.91 Å². The second kappa shape index (κ2) is 5.78. The van der Waals surface area contributed by atoms with E-state index < -0.39 is 0 Å². The third kappa shape index (κ3) is 2.88. The molecule has 0 bridgehead atoms. The number of anilines is 2. The molecule has 0 aromatic heterocycles. The van der Waals surface area contributed by atoms with Gasteiger partial charge in [0, 0.05) is 11.7 Å². The summed E-state index contributed by atoms with van der Waals surface area (Å²) in [6.07, 6.45) is 0.982. The Morgan fingerprint density at radius 3 is 2.76 bits per heavy atom. The number of benzene rings is 2. The summed E-state index contributed by atoms with van der Waals surface area (Å²) in [5.41, 5.74) is 3.11. The molecule has 3 rings (SSSR count). The molecule has 0 saturated heterocycles. The molecule has 1 aliphatic heterocycles. The van der Waals surface area contributed by atoms with Gasteiger partial charge in [-0.25, -0.2) is 0 Å². The lowest BCUT2D eigenvalue weighted by Gasteiger charge is -2.24. The van der Waals surface area contributed by atoms with Gasteiger partial charge < -0.3 is 10.2 Å². The van der Waals surface area contributed by atoms with E-state index in [0.29, 0.717) is 23.3 Å².